The number of H-pyrrole nitrogens is 1. The largest absolute Gasteiger partial charge is 0.495 e. The number of fused-ring (bicyclic) bond motifs is 1. The molecule has 0 aliphatic rings. The number of anilines is 1. The van der Waals surface area contributed by atoms with Crippen LogP contribution in [0, 0.1) is 6.92 Å². The molecule has 0 spiro atoms. The Balaban J connectivity index is 1.87. The summed E-state index contributed by atoms with van der Waals surface area (Å²) in [6, 6.07) is 13.3. The number of carbonyl (C=O) groups excluding carboxylic acids is 1. The number of ether oxygens (including phenoxy) is 1. The lowest BCUT2D eigenvalue weighted by Crippen LogP contribution is -2.26. The number of methoxy groups -OCH3 is 1. The smallest absolute Gasteiger partial charge is 0.186 e. The number of Topliss-reactive ketones (excluding diaryl/α,β-unsaturated/α-hetero) is 1. The van der Waals surface area contributed by atoms with Crippen LogP contribution in [0.4, 0.5) is 5.69 Å². The van der Waals surface area contributed by atoms with E-state index in [4.69, 9.17) is 4.74 Å². The maximum Gasteiger partial charge on any atom is 0.186 e. The second-order valence-corrected chi connectivity index (χ2v) is 5.68. The summed E-state index contributed by atoms with van der Waals surface area (Å²) in [7, 11) is 1.63. The fourth-order valence-electron chi connectivity index (χ4n) is 2.74. The number of hydrogen-bond donors (Lipinski definition) is 2. The van der Waals surface area contributed by atoms with Crippen molar-refractivity contribution >= 4 is 22.4 Å². The molecule has 2 aromatic carbocycles. The molecule has 2 N–H and O–H groups in total. The number of aromatic amines is 1. The third kappa shape index (κ3) is 2.93. The lowest BCUT2D eigenvalue weighted by atomic mass is 10.0. The van der Waals surface area contributed by atoms with Gasteiger partial charge in [0.15, 0.2) is 5.78 Å². The van der Waals surface area contributed by atoms with E-state index in [9.17, 15) is 4.79 Å². The zero-order valence-corrected chi connectivity index (χ0v) is 13.5. The molecule has 3 aromatic rings. The van der Waals surface area contributed by atoms with Crippen LogP contribution in [0.5, 0.6) is 5.75 Å². The third-order valence-corrected chi connectivity index (χ3v) is 3.97. The number of rotatable bonds is 5. The number of carbonyl (C=O) groups is 1. The van der Waals surface area contributed by atoms with E-state index in [0.29, 0.717) is 5.56 Å². The molecule has 1 atom stereocenters. The zero-order chi connectivity index (χ0) is 16.4. The molecule has 0 unspecified atom stereocenters. The van der Waals surface area contributed by atoms with E-state index >= 15 is 0 Å². The molecule has 0 saturated carbocycles. The lowest BCUT2D eigenvalue weighted by Gasteiger charge is -2.17. The van der Waals surface area contributed by atoms with Gasteiger partial charge in [-0.15, -0.1) is 0 Å². The van der Waals surface area contributed by atoms with E-state index in [1.54, 1.807) is 13.3 Å². The van der Waals surface area contributed by atoms with Crippen LogP contribution in [0.1, 0.15) is 22.8 Å². The Bertz CT molecular complexity index is 851. The highest BCUT2D eigenvalue weighted by Gasteiger charge is 2.19. The van der Waals surface area contributed by atoms with Crippen molar-refractivity contribution in [3.63, 3.8) is 0 Å². The average Bonchev–Trinajstić information content (AvgIpc) is 2.98. The van der Waals surface area contributed by atoms with Crippen molar-refractivity contribution in [3.05, 3.63) is 59.8 Å². The van der Waals surface area contributed by atoms with Crippen molar-refractivity contribution in [2.75, 3.05) is 12.4 Å². The third-order valence-electron chi connectivity index (χ3n) is 3.97. The topological polar surface area (TPSA) is 54.1 Å². The van der Waals surface area contributed by atoms with Gasteiger partial charge in [-0.05, 0) is 37.6 Å². The minimum Gasteiger partial charge on any atom is -0.495 e. The van der Waals surface area contributed by atoms with Crippen LogP contribution in [0.15, 0.2) is 48.7 Å². The van der Waals surface area contributed by atoms with Gasteiger partial charge in [-0.1, -0.05) is 24.3 Å². The average molecular weight is 308 g/mol. The van der Waals surface area contributed by atoms with Gasteiger partial charge in [0.25, 0.3) is 0 Å². The SMILES string of the molecule is COc1ccc(C)cc1N[C@H](C)C(=O)c1c[nH]c2ccccc12. The van der Waals surface area contributed by atoms with Gasteiger partial charge in [0.2, 0.25) is 0 Å². The van der Waals surface area contributed by atoms with Gasteiger partial charge in [0.05, 0.1) is 18.8 Å². The number of ketones is 1. The van der Waals surface area contributed by atoms with Gasteiger partial charge >= 0.3 is 0 Å². The van der Waals surface area contributed by atoms with Crippen molar-refractivity contribution in [2.45, 2.75) is 19.9 Å². The van der Waals surface area contributed by atoms with Crippen molar-refractivity contribution in [1.82, 2.24) is 4.98 Å². The second-order valence-electron chi connectivity index (χ2n) is 5.68. The molecule has 0 saturated heterocycles. The maximum absolute atomic E-state index is 12.8. The van der Waals surface area contributed by atoms with Gasteiger partial charge in [-0.25, -0.2) is 0 Å². The Morgan fingerprint density at radius 1 is 1.22 bits per heavy atom. The Morgan fingerprint density at radius 3 is 2.78 bits per heavy atom. The number of benzene rings is 2. The van der Waals surface area contributed by atoms with Crippen molar-refractivity contribution in [1.29, 1.82) is 0 Å². The molecular formula is C19H20N2O2. The van der Waals surface area contributed by atoms with Crippen molar-refractivity contribution in [3.8, 4) is 5.75 Å². The monoisotopic (exact) mass is 308 g/mol. The first-order chi connectivity index (χ1) is 11.1. The predicted molar refractivity (Wildman–Crippen MR) is 93.4 cm³/mol. The molecule has 4 heteroatoms. The highest BCUT2D eigenvalue weighted by molar-refractivity contribution is 6.11. The zero-order valence-electron chi connectivity index (χ0n) is 13.5. The van der Waals surface area contributed by atoms with Crippen molar-refractivity contribution < 1.29 is 9.53 Å². The normalized spacial score (nSPS) is 12.1. The molecule has 0 bridgehead atoms. The molecule has 0 aliphatic carbocycles. The van der Waals surface area contributed by atoms with Crippen LogP contribution in [0.3, 0.4) is 0 Å². The Morgan fingerprint density at radius 2 is 2.00 bits per heavy atom. The Hall–Kier alpha value is -2.75. The van der Waals surface area contributed by atoms with Crippen LogP contribution in [-0.4, -0.2) is 23.9 Å². The van der Waals surface area contributed by atoms with Crippen LogP contribution in [0.2, 0.25) is 0 Å². The minimum atomic E-state index is -0.357. The fraction of sp³-hybridized carbons (Fsp3) is 0.211. The number of aryl methyl sites for hydroxylation is 1. The van der Waals surface area contributed by atoms with E-state index in [1.165, 1.54) is 0 Å². The highest BCUT2D eigenvalue weighted by Crippen LogP contribution is 2.27. The highest BCUT2D eigenvalue weighted by atomic mass is 16.5. The molecule has 3 rings (SSSR count). The van der Waals surface area contributed by atoms with Crippen LogP contribution in [-0.2, 0) is 0 Å². The number of aromatic nitrogens is 1. The quantitative estimate of drug-likeness (QED) is 0.696. The van der Waals surface area contributed by atoms with E-state index in [1.807, 2.05) is 56.3 Å². The molecule has 0 radical (unpaired) electrons. The standard InChI is InChI=1S/C19H20N2O2/c1-12-8-9-18(23-3)17(10-12)21-13(2)19(22)15-11-20-16-7-5-4-6-14(15)16/h4-11,13,20-21H,1-3H3/t13-/m1/s1. The summed E-state index contributed by atoms with van der Waals surface area (Å²) in [4.78, 5) is 15.9. The molecule has 23 heavy (non-hydrogen) atoms. The van der Waals surface area contributed by atoms with Gasteiger partial charge in [0.1, 0.15) is 5.75 Å². The van der Waals surface area contributed by atoms with Crippen LogP contribution < -0.4 is 10.1 Å². The summed E-state index contributed by atoms with van der Waals surface area (Å²) in [5.41, 5.74) is 3.61. The van der Waals surface area contributed by atoms with E-state index in [-0.39, 0.29) is 11.8 Å². The minimum absolute atomic E-state index is 0.0472. The Kier molecular flexibility index (Phi) is 4.06. The summed E-state index contributed by atoms with van der Waals surface area (Å²) >= 11 is 0. The fourth-order valence-corrected chi connectivity index (χ4v) is 2.74. The van der Waals surface area contributed by atoms with Crippen LogP contribution in [0.25, 0.3) is 10.9 Å². The maximum atomic E-state index is 12.8. The number of hydrogen-bond acceptors (Lipinski definition) is 3. The second kappa shape index (κ2) is 6.16. The molecule has 0 amide bonds. The molecule has 4 nitrogen and oxygen atoms in total. The molecule has 0 fully saturated rings. The summed E-state index contributed by atoms with van der Waals surface area (Å²) < 4.78 is 5.36. The van der Waals surface area contributed by atoms with Gasteiger partial charge < -0.3 is 15.0 Å². The van der Waals surface area contributed by atoms with Gasteiger partial charge in [-0.3, -0.25) is 4.79 Å². The summed E-state index contributed by atoms with van der Waals surface area (Å²) in [5, 5.41) is 4.21. The van der Waals surface area contributed by atoms with E-state index < -0.39 is 0 Å². The molecule has 1 heterocycles. The first-order valence-corrected chi connectivity index (χ1v) is 7.61. The predicted octanol–water partition coefficient (Wildman–Crippen LogP) is 4.17. The molecular weight excluding hydrogens is 288 g/mol. The van der Waals surface area contributed by atoms with E-state index in [2.05, 4.69) is 10.3 Å². The molecule has 118 valence electrons. The van der Waals surface area contributed by atoms with Crippen LogP contribution >= 0.6 is 0 Å². The van der Waals surface area contributed by atoms with Gasteiger partial charge in [0, 0.05) is 22.7 Å². The number of nitrogens with one attached hydrogen (secondary N) is 2. The summed E-state index contributed by atoms with van der Waals surface area (Å²) in [6.07, 6.45) is 1.78. The lowest BCUT2D eigenvalue weighted by molar-refractivity contribution is 0.0977. The molecule has 0 aliphatic heterocycles. The molecule has 1 aromatic heterocycles. The summed E-state index contributed by atoms with van der Waals surface area (Å²) in [6.45, 7) is 3.88. The van der Waals surface area contributed by atoms with Gasteiger partial charge in [-0.2, -0.15) is 0 Å². The Labute approximate surface area is 135 Å². The number of para-hydroxylation sites is 1. The van der Waals surface area contributed by atoms with E-state index in [0.717, 1.165) is 27.9 Å². The first kappa shape index (κ1) is 15.2. The summed E-state index contributed by atoms with van der Waals surface area (Å²) in [5.74, 6) is 0.778. The first-order valence-electron chi connectivity index (χ1n) is 7.61. The van der Waals surface area contributed by atoms with Crippen molar-refractivity contribution in [2.24, 2.45) is 0 Å².